The van der Waals surface area contributed by atoms with E-state index in [2.05, 4.69) is 0 Å². The molecule has 7 heteroatoms. The zero-order valence-electron chi connectivity index (χ0n) is 12.3. The Bertz CT molecular complexity index is 504. The number of ether oxygens (including phenoxy) is 3. The van der Waals surface area contributed by atoms with Crippen LogP contribution in [0.1, 0.15) is 5.56 Å². The smallest absolute Gasteiger partial charge is 0.180 e. The van der Waals surface area contributed by atoms with E-state index in [0.717, 1.165) is 5.56 Å². The number of rotatable bonds is 11. The maximum absolute atomic E-state index is 12.1. The second-order valence-electron chi connectivity index (χ2n) is 4.39. The minimum atomic E-state index is -3.34. The summed E-state index contributed by atoms with van der Waals surface area (Å²) < 4.78 is 39.5. The van der Waals surface area contributed by atoms with Crippen LogP contribution in [0, 0.1) is 0 Å². The van der Waals surface area contributed by atoms with Crippen molar-refractivity contribution in [2.45, 2.75) is 11.4 Å². The van der Waals surface area contributed by atoms with Gasteiger partial charge in [0.05, 0.1) is 43.7 Å². The highest BCUT2D eigenvalue weighted by molar-refractivity contribution is 7.91. The maximum atomic E-state index is 12.1. The Hall–Kier alpha value is -0.990. The summed E-state index contributed by atoms with van der Waals surface area (Å²) in [6, 6.07) is 6.66. The van der Waals surface area contributed by atoms with Crippen molar-refractivity contribution in [1.29, 1.82) is 0 Å². The molecule has 1 aromatic rings. The third-order valence-electron chi connectivity index (χ3n) is 2.79. The number of hydrogen-bond donors (Lipinski definition) is 1. The van der Waals surface area contributed by atoms with E-state index in [4.69, 9.17) is 19.9 Å². The van der Waals surface area contributed by atoms with Crippen molar-refractivity contribution in [2.75, 3.05) is 45.9 Å². The molecule has 0 saturated heterocycles. The minimum absolute atomic E-state index is 0.0565. The Morgan fingerprint density at radius 1 is 1.05 bits per heavy atom. The predicted octanol–water partition coefficient (Wildman–Crippen LogP) is 0.599. The van der Waals surface area contributed by atoms with Gasteiger partial charge in [-0.1, -0.05) is 12.1 Å². The lowest BCUT2D eigenvalue weighted by Gasteiger charge is -2.07. The van der Waals surface area contributed by atoms with E-state index >= 15 is 0 Å². The molecule has 0 aliphatic rings. The normalized spacial score (nSPS) is 11.7. The van der Waals surface area contributed by atoms with Gasteiger partial charge in [0.25, 0.3) is 0 Å². The summed E-state index contributed by atoms with van der Waals surface area (Å²) in [6.45, 7) is 2.28. The number of methoxy groups -OCH3 is 1. The van der Waals surface area contributed by atoms with Crippen LogP contribution in [0.15, 0.2) is 29.2 Å². The monoisotopic (exact) mass is 317 g/mol. The third-order valence-corrected chi connectivity index (χ3v) is 4.47. The zero-order valence-corrected chi connectivity index (χ0v) is 13.1. The van der Waals surface area contributed by atoms with Crippen molar-refractivity contribution in [3.8, 4) is 0 Å². The van der Waals surface area contributed by atoms with Gasteiger partial charge in [-0.2, -0.15) is 0 Å². The Morgan fingerprint density at radius 2 is 1.71 bits per heavy atom. The summed E-state index contributed by atoms with van der Waals surface area (Å²) in [7, 11) is -1.73. The Kier molecular flexibility index (Phi) is 8.48. The molecule has 0 fully saturated rings. The first-order valence-electron chi connectivity index (χ1n) is 6.76. The fraction of sp³-hybridized carbons (Fsp3) is 0.571. The molecule has 2 N–H and O–H groups in total. The lowest BCUT2D eigenvalue weighted by molar-refractivity contribution is 0.0284. The minimum Gasteiger partial charge on any atom is -0.382 e. The molecule has 0 spiro atoms. The summed E-state index contributed by atoms with van der Waals surface area (Å²) in [5.41, 5.74) is 6.30. The molecule has 120 valence electrons. The van der Waals surface area contributed by atoms with E-state index in [-0.39, 0.29) is 17.3 Å². The van der Waals surface area contributed by atoms with Crippen molar-refractivity contribution in [3.63, 3.8) is 0 Å². The molecule has 6 nitrogen and oxygen atoms in total. The van der Waals surface area contributed by atoms with Crippen LogP contribution in [0.2, 0.25) is 0 Å². The van der Waals surface area contributed by atoms with E-state index in [1.165, 1.54) is 0 Å². The van der Waals surface area contributed by atoms with Crippen LogP contribution >= 0.6 is 0 Å². The number of nitrogens with two attached hydrogens (primary N) is 1. The van der Waals surface area contributed by atoms with Crippen LogP contribution in [0.5, 0.6) is 0 Å². The summed E-state index contributed by atoms with van der Waals surface area (Å²) >= 11 is 0. The summed E-state index contributed by atoms with van der Waals surface area (Å²) in [5.74, 6) is -0.0565. The highest BCUT2D eigenvalue weighted by atomic mass is 32.2. The van der Waals surface area contributed by atoms with Crippen molar-refractivity contribution in [3.05, 3.63) is 29.8 Å². The second-order valence-corrected chi connectivity index (χ2v) is 6.50. The average Bonchev–Trinajstić information content (AvgIpc) is 2.50. The Balaban J connectivity index is 2.30. The van der Waals surface area contributed by atoms with E-state index in [9.17, 15) is 8.42 Å². The molecule has 0 heterocycles. The van der Waals surface area contributed by atoms with Crippen molar-refractivity contribution >= 4 is 9.84 Å². The molecule has 0 unspecified atom stereocenters. The van der Waals surface area contributed by atoms with Crippen LogP contribution in [-0.4, -0.2) is 54.3 Å². The molecular formula is C14H23NO5S. The molecule has 1 aromatic carbocycles. The molecule has 0 aliphatic heterocycles. The van der Waals surface area contributed by atoms with Gasteiger partial charge in [0.1, 0.15) is 0 Å². The molecule has 0 aliphatic carbocycles. The molecule has 0 radical (unpaired) electrons. The Morgan fingerprint density at radius 3 is 2.38 bits per heavy atom. The maximum Gasteiger partial charge on any atom is 0.180 e. The van der Waals surface area contributed by atoms with E-state index in [1.807, 2.05) is 0 Å². The molecule has 0 atom stereocenters. The first-order chi connectivity index (χ1) is 10.1. The first kappa shape index (κ1) is 18.1. The van der Waals surface area contributed by atoms with Gasteiger partial charge in [-0.15, -0.1) is 0 Å². The second kappa shape index (κ2) is 9.86. The first-order valence-corrected chi connectivity index (χ1v) is 8.41. The standard InChI is InChI=1S/C14H23NO5S/c1-18-5-6-19-7-8-20-9-10-21(16,17)14-4-2-3-13(11-14)12-15/h2-4,11H,5-10,12,15H2,1H3. The highest BCUT2D eigenvalue weighted by Gasteiger charge is 2.14. The van der Waals surface area contributed by atoms with Gasteiger partial charge < -0.3 is 19.9 Å². The van der Waals surface area contributed by atoms with Crippen LogP contribution in [-0.2, 0) is 30.6 Å². The largest absolute Gasteiger partial charge is 0.382 e. The SMILES string of the molecule is COCCOCCOCCS(=O)(=O)c1cccc(CN)c1. The molecule has 0 amide bonds. The predicted molar refractivity (Wildman–Crippen MR) is 79.9 cm³/mol. The number of hydrogen-bond acceptors (Lipinski definition) is 6. The van der Waals surface area contributed by atoms with E-state index in [1.54, 1.807) is 31.4 Å². The lowest BCUT2D eigenvalue weighted by atomic mass is 10.2. The van der Waals surface area contributed by atoms with Gasteiger partial charge in [-0.3, -0.25) is 0 Å². The fourth-order valence-electron chi connectivity index (χ4n) is 1.62. The zero-order chi connectivity index (χ0) is 15.6. The summed E-state index contributed by atoms with van der Waals surface area (Å²) in [4.78, 5) is 0.283. The van der Waals surface area contributed by atoms with Crippen LogP contribution in [0.25, 0.3) is 0 Å². The highest BCUT2D eigenvalue weighted by Crippen LogP contribution is 2.13. The van der Waals surface area contributed by atoms with Crippen molar-refractivity contribution in [2.24, 2.45) is 5.73 Å². The van der Waals surface area contributed by atoms with Gasteiger partial charge >= 0.3 is 0 Å². The van der Waals surface area contributed by atoms with Gasteiger partial charge in [-0.05, 0) is 17.7 Å². The van der Waals surface area contributed by atoms with E-state index in [0.29, 0.717) is 33.0 Å². The van der Waals surface area contributed by atoms with Gasteiger partial charge in [0.2, 0.25) is 0 Å². The third kappa shape index (κ3) is 7.01. The van der Waals surface area contributed by atoms with E-state index < -0.39 is 9.84 Å². The molecule has 1 rings (SSSR count). The molecule has 21 heavy (non-hydrogen) atoms. The molecule has 0 bridgehead atoms. The lowest BCUT2D eigenvalue weighted by Crippen LogP contribution is -2.15. The fourth-order valence-corrected chi connectivity index (χ4v) is 2.81. The van der Waals surface area contributed by atoms with Gasteiger partial charge in [0.15, 0.2) is 9.84 Å². The summed E-state index contributed by atoms with van der Waals surface area (Å²) in [6.07, 6.45) is 0. The Labute approximate surface area is 126 Å². The van der Waals surface area contributed by atoms with Gasteiger partial charge in [0, 0.05) is 13.7 Å². The number of sulfone groups is 1. The van der Waals surface area contributed by atoms with Crippen molar-refractivity contribution < 1.29 is 22.6 Å². The van der Waals surface area contributed by atoms with Crippen LogP contribution < -0.4 is 5.73 Å². The topological polar surface area (TPSA) is 87.9 Å². The quantitative estimate of drug-likeness (QED) is 0.601. The average molecular weight is 317 g/mol. The summed E-state index contributed by atoms with van der Waals surface area (Å²) in [5, 5.41) is 0. The molecular weight excluding hydrogens is 294 g/mol. The van der Waals surface area contributed by atoms with Crippen molar-refractivity contribution in [1.82, 2.24) is 0 Å². The van der Waals surface area contributed by atoms with Crippen LogP contribution in [0.3, 0.4) is 0 Å². The molecule has 0 aromatic heterocycles. The van der Waals surface area contributed by atoms with Gasteiger partial charge in [-0.25, -0.2) is 8.42 Å². The molecule has 0 saturated carbocycles. The van der Waals surface area contributed by atoms with Crippen LogP contribution in [0.4, 0.5) is 0 Å². The number of benzene rings is 1.